The minimum absolute atomic E-state index is 0.125. The van der Waals surface area contributed by atoms with Gasteiger partial charge in [-0.05, 0) is 32.1 Å². The molecule has 2 rings (SSSR count). The highest BCUT2D eigenvalue weighted by molar-refractivity contribution is 5.66. The molecule has 0 aromatic carbocycles. The first kappa shape index (κ1) is 8.79. The van der Waals surface area contributed by atoms with Gasteiger partial charge in [0, 0.05) is 12.8 Å². The molecule has 0 aliphatic heterocycles. The standard InChI is InChI=1S/C11H16O2/c1-3-8-4-10-5-9(8)6-11(10)13-7(2)12/h3,9-11H,4-6H2,1-2H3/b8-3+/t9-,10+,11+/m0/s1. The van der Waals surface area contributed by atoms with Crippen LogP contribution in [0.2, 0.25) is 0 Å². The first-order valence-electron chi connectivity index (χ1n) is 5.03. The van der Waals surface area contributed by atoms with E-state index < -0.39 is 0 Å². The Bertz CT molecular complexity index is 255. The number of esters is 1. The Morgan fingerprint density at radius 1 is 1.54 bits per heavy atom. The highest BCUT2D eigenvalue weighted by atomic mass is 16.5. The molecule has 72 valence electrons. The van der Waals surface area contributed by atoms with Crippen molar-refractivity contribution in [2.24, 2.45) is 11.8 Å². The summed E-state index contributed by atoms with van der Waals surface area (Å²) in [7, 11) is 0. The van der Waals surface area contributed by atoms with E-state index >= 15 is 0 Å². The Kier molecular flexibility index (Phi) is 2.14. The van der Waals surface area contributed by atoms with Crippen LogP contribution in [0.15, 0.2) is 11.6 Å². The molecule has 0 heterocycles. The first-order valence-corrected chi connectivity index (χ1v) is 5.03. The lowest BCUT2D eigenvalue weighted by atomic mass is 9.92. The highest BCUT2D eigenvalue weighted by Crippen LogP contribution is 2.49. The second-order valence-corrected chi connectivity index (χ2v) is 4.14. The third-order valence-corrected chi connectivity index (χ3v) is 3.34. The Balaban J connectivity index is 1.99. The molecule has 0 amide bonds. The van der Waals surface area contributed by atoms with Gasteiger partial charge in [0.15, 0.2) is 0 Å². The van der Waals surface area contributed by atoms with Gasteiger partial charge in [0.05, 0.1) is 0 Å². The largest absolute Gasteiger partial charge is 0.462 e. The monoisotopic (exact) mass is 180 g/mol. The zero-order chi connectivity index (χ0) is 9.42. The second-order valence-electron chi connectivity index (χ2n) is 4.14. The van der Waals surface area contributed by atoms with Gasteiger partial charge in [-0.1, -0.05) is 11.6 Å². The summed E-state index contributed by atoms with van der Waals surface area (Å²) in [5, 5.41) is 0. The summed E-state index contributed by atoms with van der Waals surface area (Å²) in [6, 6.07) is 0. The summed E-state index contributed by atoms with van der Waals surface area (Å²) in [4.78, 5) is 10.8. The SMILES string of the molecule is C/C=C1\C[C@@H]2C[C@H]1C[C@H]2OC(C)=O. The lowest BCUT2D eigenvalue weighted by molar-refractivity contribution is -0.148. The minimum Gasteiger partial charge on any atom is -0.462 e. The molecular weight excluding hydrogens is 164 g/mol. The predicted molar refractivity (Wildman–Crippen MR) is 50.1 cm³/mol. The minimum atomic E-state index is -0.125. The van der Waals surface area contributed by atoms with E-state index in [1.165, 1.54) is 13.3 Å². The van der Waals surface area contributed by atoms with Crippen LogP contribution >= 0.6 is 0 Å². The molecule has 0 radical (unpaired) electrons. The van der Waals surface area contributed by atoms with Gasteiger partial charge in [-0.2, -0.15) is 0 Å². The number of hydrogen-bond donors (Lipinski definition) is 0. The fourth-order valence-corrected chi connectivity index (χ4v) is 2.78. The van der Waals surface area contributed by atoms with Crippen molar-refractivity contribution in [2.75, 3.05) is 0 Å². The van der Waals surface area contributed by atoms with Gasteiger partial charge in [0.25, 0.3) is 0 Å². The molecule has 0 N–H and O–H groups in total. The van der Waals surface area contributed by atoms with Crippen molar-refractivity contribution in [1.82, 2.24) is 0 Å². The van der Waals surface area contributed by atoms with Crippen LogP contribution in [0.25, 0.3) is 0 Å². The van der Waals surface area contributed by atoms with Gasteiger partial charge in [-0.3, -0.25) is 4.79 Å². The van der Waals surface area contributed by atoms with Crippen LogP contribution in [0, 0.1) is 11.8 Å². The van der Waals surface area contributed by atoms with Crippen LogP contribution in [0.5, 0.6) is 0 Å². The first-order chi connectivity index (χ1) is 6.20. The quantitative estimate of drug-likeness (QED) is 0.457. The number of allylic oxidation sites excluding steroid dienone is 2. The molecule has 2 aliphatic rings. The van der Waals surface area contributed by atoms with Gasteiger partial charge in [0.2, 0.25) is 0 Å². The van der Waals surface area contributed by atoms with E-state index in [0.29, 0.717) is 11.8 Å². The average molecular weight is 180 g/mol. The summed E-state index contributed by atoms with van der Waals surface area (Å²) in [5.74, 6) is 1.19. The number of hydrogen-bond acceptors (Lipinski definition) is 2. The van der Waals surface area contributed by atoms with E-state index in [4.69, 9.17) is 4.74 Å². The van der Waals surface area contributed by atoms with E-state index in [9.17, 15) is 4.79 Å². The number of rotatable bonds is 1. The molecule has 0 saturated heterocycles. The zero-order valence-electron chi connectivity index (χ0n) is 8.25. The van der Waals surface area contributed by atoms with Crippen molar-refractivity contribution in [3.8, 4) is 0 Å². The van der Waals surface area contributed by atoms with Crippen LogP contribution in [-0.2, 0) is 9.53 Å². The van der Waals surface area contributed by atoms with E-state index in [1.54, 1.807) is 5.57 Å². The molecule has 0 spiro atoms. The molecule has 2 nitrogen and oxygen atoms in total. The molecule has 2 saturated carbocycles. The number of fused-ring (bicyclic) bond motifs is 2. The fraction of sp³-hybridized carbons (Fsp3) is 0.727. The normalized spacial score (nSPS) is 39.8. The maximum absolute atomic E-state index is 10.8. The van der Waals surface area contributed by atoms with Crippen LogP contribution in [0.3, 0.4) is 0 Å². The maximum Gasteiger partial charge on any atom is 0.302 e. The Morgan fingerprint density at radius 3 is 2.77 bits per heavy atom. The molecule has 2 fully saturated rings. The van der Waals surface area contributed by atoms with Crippen molar-refractivity contribution in [1.29, 1.82) is 0 Å². The molecule has 0 aromatic heterocycles. The van der Waals surface area contributed by atoms with Gasteiger partial charge < -0.3 is 4.74 Å². The molecule has 0 unspecified atom stereocenters. The van der Waals surface area contributed by atoms with E-state index in [0.717, 1.165) is 12.8 Å². The van der Waals surface area contributed by atoms with Gasteiger partial charge in [0.1, 0.15) is 6.10 Å². The Hall–Kier alpha value is -0.790. The smallest absolute Gasteiger partial charge is 0.302 e. The van der Waals surface area contributed by atoms with Crippen LogP contribution in [-0.4, -0.2) is 12.1 Å². The molecule has 3 atom stereocenters. The third-order valence-electron chi connectivity index (χ3n) is 3.34. The summed E-state index contributed by atoms with van der Waals surface area (Å²) in [6.45, 7) is 3.61. The Morgan fingerprint density at radius 2 is 2.31 bits per heavy atom. The van der Waals surface area contributed by atoms with Gasteiger partial charge in [-0.15, -0.1) is 0 Å². The van der Waals surface area contributed by atoms with Crippen LogP contribution in [0.1, 0.15) is 33.1 Å². The average Bonchev–Trinajstić information content (AvgIpc) is 2.60. The van der Waals surface area contributed by atoms with Crippen molar-refractivity contribution >= 4 is 5.97 Å². The highest BCUT2D eigenvalue weighted by Gasteiger charge is 2.43. The molecule has 2 aliphatic carbocycles. The Labute approximate surface area is 79.0 Å². The van der Waals surface area contributed by atoms with Crippen LogP contribution in [0.4, 0.5) is 0 Å². The molecule has 13 heavy (non-hydrogen) atoms. The number of ether oxygens (including phenoxy) is 1. The molecule has 2 heteroatoms. The van der Waals surface area contributed by atoms with Crippen LogP contribution < -0.4 is 0 Å². The van der Waals surface area contributed by atoms with E-state index in [2.05, 4.69) is 13.0 Å². The summed E-state index contributed by atoms with van der Waals surface area (Å²) < 4.78 is 5.27. The van der Waals surface area contributed by atoms with Crippen molar-refractivity contribution < 1.29 is 9.53 Å². The number of carbonyl (C=O) groups excluding carboxylic acids is 1. The third kappa shape index (κ3) is 1.50. The molecule has 2 bridgehead atoms. The van der Waals surface area contributed by atoms with E-state index in [-0.39, 0.29) is 12.1 Å². The van der Waals surface area contributed by atoms with Gasteiger partial charge in [-0.25, -0.2) is 0 Å². The summed E-state index contributed by atoms with van der Waals surface area (Å²) in [6.07, 6.45) is 5.89. The van der Waals surface area contributed by atoms with E-state index in [1.807, 2.05) is 0 Å². The lowest BCUT2D eigenvalue weighted by Crippen LogP contribution is -2.23. The molecular formula is C11H16O2. The summed E-state index contributed by atoms with van der Waals surface area (Å²) in [5.41, 5.74) is 1.58. The maximum atomic E-state index is 10.8. The fourth-order valence-electron chi connectivity index (χ4n) is 2.78. The second kappa shape index (κ2) is 3.17. The number of carbonyl (C=O) groups is 1. The summed E-state index contributed by atoms with van der Waals surface area (Å²) >= 11 is 0. The molecule has 0 aromatic rings. The zero-order valence-corrected chi connectivity index (χ0v) is 8.25. The van der Waals surface area contributed by atoms with Crippen molar-refractivity contribution in [3.05, 3.63) is 11.6 Å². The lowest BCUT2D eigenvalue weighted by Gasteiger charge is -2.22. The predicted octanol–water partition coefficient (Wildman–Crippen LogP) is 2.29. The van der Waals surface area contributed by atoms with Gasteiger partial charge >= 0.3 is 5.97 Å². The van der Waals surface area contributed by atoms with Crippen molar-refractivity contribution in [2.45, 2.75) is 39.2 Å². The topological polar surface area (TPSA) is 26.3 Å². The van der Waals surface area contributed by atoms with Crippen molar-refractivity contribution in [3.63, 3.8) is 0 Å².